The molecule has 0 bridgehead atoms. The van der Waals surface area contributed by atoms with Crippen LogP contribution in [-0.2, 0) is 0 Å². The van der Waals surface area contributed by atoms with Crippen LogP contribution in [0.4, 0.5) is 0 Å². The molecule has 0 amide bonds. The Kier molecular flexibility index (Phi) is 2.75. The minimum atomic E-state index is -0.850. The second kappa shape index (κ2) is 3.96. The molecule has 17 heavy (non-hydrogen) atoms. The minimum Gasteiger partial charge on any atom is -0.622 e. The zero-order chi connectivity index (χ0) is 12.6. The van der Waals surface area contributed by atoms with E-state index < -0.39 is 11.8 Å². The van der Waals surface area contributed by atoms with E-state index in [2.05, 4.69) is 4.99 Å². The van der Waals surface area contributed by atoms with Crippen LogP contribution >= 0.6 is 0 Å². The van der Waals surface area contributed by atoms with Crippen LogP contribution < -0.4 is 0 Å². The highest BCUT2D eigenvalue weighted by atomic mass is 16.5. The molecule has 0 spiro atoms. The lowest BCUT2D eigenvalue weighted by Gasteiger charge is -2.16. The highest BCUT2D eigenvalue weighted by molar-refractivity contribution is 6.48. The first-order valence-corrected chi connectivity index (χ1v) is 5.61. The maximum atomic E-state index is 12.1. The van der Waals surface area contributed by atoms with Crippen LogP contribution in [0.2, 0.25) is 0 Å². The van der Waals surface area contributed by atoms with Crippen LogP contribution in [0.5, 0.6) is 0 Å². The fraction of sp³-hybridized carbons (Fsp3) is 0.385. The minimum absolute atomic E-state index is 0.334. The van der Waals surface area contributed by atoms with Crippen molar-refractivity contribution in [2.75, 3.05) is 0 Å². The molecule has 1 aromatic carbocycles. The summed E-state index contributed by atoms with van der Waals surface area (Å²) in [6.45, 7) is 5.05. The zero-order valence-corrected chi connectivity index (χ0v) is 10.2. The number of hydrogen-bond acceptors (Lipinski definition) is 3. The van der Waals surface area contributed by atoms with E-state index in [1.807, 2.05) is 30.3 Å². The Hall–Kier alpha value is -1.68. The van der Waals surface area contributed by atoms with E-state index in [1.54, 1.807) is 20.8 Å². The van der Waals surface area contributed by atoms with Crippen molar-refractivity contribution in [2.24, 2.45) is 4.99 Å². The lowest BCUT2D eigenvalue weighted by atomic mass is 10.0. The molecule has 1 N–H and O–H groups in total. The lowest BCUT2D eigenvalue weighted by molar-refractivity contribution is -0.534. The fourth-order valence-corrected chi connectivity index (χ4v) is 1.94. The summed E-state index contributed by atoms with van der Waals surface area (Å²) >= 11 is 0. The summed E-state index contributed by atoms with van der Waals surface area (Å²) in [6, 6.07) is 9.45. The third-order valence-electron chi connectivity index (χ3n) is 2.79. The molecule has 0 radical (unpaired) electrons. The largest absolute Gasteiger partial charge is 0.622 e. The Labute approximate surface area is 101 Å². The molecule has 0 aliphatic carbocycles. The average Bonchev–Trinajstić information content (AvgIpc) is 2.52. The van der Waals surface area contributed by atoms with Gasteiger partial charge in [0.15, 0.2) is 0 Å². The third-order valence-corrected chi connectivity index (χ3v) is 2.79. The second-order valence-corrected chi connectivity index (χ2v) is 4.68. The molecule has 1 atom stereocenters. The summed E-state index contributed by atoms with van der Waals surface area (Å²) in [6.07, 6.45) is -0.826. The van der Waals surface area contributed by atoms with Crippen LogP contribution in [0.1, 0.15) is 26.3 Å². The average molecular weight is 232 g/mol. The number of aliphatic hydroxyl groups excluding tert-OH is 1. The van der Waals surface area contributed by atoms with Gasteiger partial charge in [-0.25, -0.2) is 4.99 Å². The van der Waals surface area contributed by atoms with Gasteiger partial charge >= 0.3 is 0 Å². The van der Waals surface area contributed by atoms with Gasteiger partial charge in [-0.3, -0.25) is 0 Å². The van der Waals surface area contributed by atoms with E-state index >= 15 is 0 Å². The van der Waals surface area contributed by atoms with Gasteiger partial charge in [0.25, 0.3) is 5.66 Å². The molecule has 0 saturated heterocycles. The van der Waals surface area contributed by atoms with E-state index in [1.165, 1.54) is 0 Å². The summed E-state index contributed by atoms with van der Waals surface area (Å²) in [5, 5.41) is 21.8. The van der Waals surface area contributed by atoms with Gasteiger partial charge in [-0.1, -0.05) is 30.3 Å². The molecule has 1 aliphatic heterocycles. The van der Waals surface area contributed by atoms with Gasteiger partial charge in [0.1, 0.15) is 11.8 Å². The standard InChI is InChI=1S/C13H16N2O2/c1-9(16)12-11(10-7-5-4-6-8-10)14-13(2,3)15(12)17/h4-9,16H,1-3H3. The Morgan fingerprint density at radius 3 is 2.41 bits per heavy atom. The summed E-state index contributed by atoms with van der Waals surface area (Å²) < 4.78 is 0.792. The van der Waals surface area contributed by atoms with Crippen molar-refractivity contribution in [3.8, 4) is 0 Å². The number of hydrogen-bond donors (Lipinski definition) is 1. The molecule has 1 aliphatic rings. The predicted molar refractivity (Wildman–Crippen MR) is 67.4 cm³/mol. The van der Waals surface area contributed by atoms with Crippen molar-refractivity contribution in [1.82, 2.24) is 0 Å². The highest BCUT2D eigenvalue weighted by Crippen LogP contribution is 2.22. The summed E-state index contributed by atoms with van der Waals surface area (Å²) in [5.74, 6) is 0. The van der Waals surface area contributed by atoms with Crippen LogP contribution in [-0.4, -0.2) is 33.0 Å². The van der Waals surface area contributed by atoms with Gasteiger partial charge in [0.2, 0.25) is 5.71 Å². The maximum Gasteiger partial charge on any atom is 0.260 e. The smallest absolute Gasteiger partial charge is 0.260 e. The van der Waals surface area contributed by atoms with Gasteiger partial charge < -0.3 is 10.3 Å². The number of hydroxylamine groups is 1. The van der Waals surface area contributed by atoms with Crippen molar-refractivity contribution < 1.29 is 9.85 Å². The number of nitrogens with zero attached hydrogens (tertiary/aromatic N) is 2. The lowest BCUT2D eigenvalue weighted by Crippen LogP contribution is -2.35. The number of aliphatic hydroxyl groups is 1. The topological polar surface area (TPSA) is 58.7 Å². The maximum absolute atomic E-state index is 12.1. The van der Waals surface area contributed by atoms with Crippen LogP contribution in [0, 0.1) is 5.21 Å². The van der Waals surface area contributed by atoms with Gasteiger partial charge in [-0.2, -0.15) is 4.74 Å². The van der Waals surface area contributed by atoms with Gasteiger partial charge in [0, 0.05) is 19.4 Å². The molecule has 0 aromatic heterocycles. The van der Waals surface area contributed by atoms with Gasteiger partial charge in [-0.05, 0) is 6.92 Å². The quantitative estimate of drug-likeness (QED) is 0.621. The first-order valence-electron chi connectivity index (χ1n) is 5.61. The molecule has 1 aromatic rings. The molecule has 2 rings (SSSR count). The Morgan fingerprint density at radius 2 is 1.88 bits per heavy atom. The summed E-state index contributed by atoms with van der Waals surface area (Å²) in [4.78, 5) is 4.41. The Balaban J connectivity index is 2.56. The summed E-state index contributed by atoms with van der Waals surface area (Å²) in [5.41, 5.74) is 0.925. The van der Waals surface area contributed by atoms with E-state index in [0.29, 0.717) is 11.4 Å². The molecular formula is C13H16N2O2. The molecule has 90 valence electrons. The van der Waals surface area contributed by atoms with Crippen molar-refractivity contribution in [3.05, 3.63) is 41.1 Å². The van der Waals surface area contributed by atoms with Crippen molar-refractivity contribution in [1.29, 1.82) is 0 Å². The molecule has 1 heterocycles. The fourth-order valence-electron chi connectivity index (χ4n) is 1.94. The predicted octanol–water partition coefficient (Wildman–Crippen LogP) is 1.56. The third kappa shape index (κ3) is 1.96. The zero-order valence-electron chi connectivity index (χ0n) is 10.2. The molecule has 0 saturated carbocycles. The van der Waals surface area contributed by atoms with Crippen LogP contribution in [0.3, 0.4) is 0 Å². The van der Waals surface area contributed by atoms with E-state index in [-0.39, 0.29) is 0 Å². The summed E-state index contributed by atoms with van der Waals surface area (Å²) in [7, 11) is 0. The normalized spacial score (nSPS) is 20.4. The molecular weight excluding hydrogens is 216 g/mol. The van der Waals surface area contributed by atoms with Crippen molar-refractivity contribution >= 4 is 11.4 Å². The highest BCUT2D eigenvalue weighted by Gasteiger charge is 2.41. The van der Waals surface area contributed by atoms with E-state index in [4.69, 9.17) is 0 Å². The van der Waals surface area contributed by atoms with Gasteiger partial charge in [-0.15, -0.1) is 0 Å². The van der Waals surface area contributed by atoms with Crippen LogP contribution in [0.15, 0.2) is 35.3 Å². The molecule has 4 nitrogen and oxygen atoms in total. The Morgan fingerprint density at radius 1 is 1.29 bits per heavy atom. The number of rotatable bonds is 2. The van der Waals surface area contributed by atoms with Crippen molar-refractivity contribution in [2.45, 2.75) is 32.5 Å². The SMILES string of the molecule is CC(O)C1=[N+]([O-])C(C)(C)N=C1c1ccccc1. The monoisotopic (exact) mass is 232 g/mol. The van der Waals surface area contributed by atoms with E-state index in [9.17, 15) is 10.3 Å². The number of aliphatic imine (C=N–C) groups is 1. The first kappa shape index (κ1) is 11.8. The van der Waals surface area contributed by atoms with Crippen molar-refractivity contribution in [3.63, 3.8) is 0 Å². The van der Waals surface area contributed by atoms with E-state index in [0.717, 1.165) is 10.3 Å². The first-order chi connectivity index (χ1) is 7.93. The second-order valence-electron chi connectivity index (χ2n) is 4.68. The van der Waals surface area contributed by atoms with Gasteiger partial charge in [0.05, 0.1) is 0 Å². The van der Waals surface area contributed by atoms with Crippen LogP contribution in [0.25, 0.3) is 0 Å². The number of benzene rings is 1. The molecule has 0 fully saturated rings. The Bertz CT molecular complexity index is 487. The molecule has 1 unspecified atom stereocenters. The molecule has 4 heteroatoms.